The van der Waals surface area contributed by atoms with Crippen molar-refractivity contribution in [3.05, 3.63) is 0 Å². The molecule has 0 bridgehead atoms. The van der Waals surface area contributed by atoms with Crippen LogP contribution in [0.15, 0.2) is 0 Å². The zero-order valence-corrected chi connectivity index (χ0v) is 13.7. The first-order valence-corrected chi connectivity index (χ1v) is 9.25. The van der Waals surface area contributed by atoms with Gasteiger partial charge in [-0.2, -0.15) is 0 Å². The van der Waals surface area contributed by atoms with E-state index in [1.165, 1.54) is 51.4 Å². The van der Waals surface area contributed by atoms with Crippen LogP contribution in [-0.2, 0) is 9.47 Å². The van der Waals surface area contributed by atoms with Crippen molar-refractivity contribution in [2.75, 3.05) is 19.8 Å². The summed E-state index contributed by atoms with van der Waals surface area (Å²) in [6.07, 6.45) is 13.2. The van der Waals surface area contributed by atoms with Gasteiger partial charge in [-0.05, 0) is 51.4 Å². The minimum atomic E-state index is 0.122. The Morgan fingerprint density at radius 1 is 0.952 bits per heavy atom. The predicted octanol–water partition coefficient (Wildman–Crippen LogP) is 3.66. The van der Waals surface area contributed by atoms with E-state index in [4.69, 9.17) is 9.47 Å². The van der Waals surface area contributed by atoms with E-state index in [1.807, 2.05) is 0 Å². The van der Waals surface area contributed by atoms with E-state index in [2.05, 4.69) is 12.2 Å². The van der Waals surface area contributed by atoms with Crippen LogP contribution in [0.4, 0.5) is 0 Å². The van der Waals surface area contributed by atoms with Crippen LogP contribution in [0.1, 0.15) is 71.1 Å². The van der Waals surface area contributed by atoms with Crippen LogP contribution in [-0.4, -0.2) is 37.5 Å². The highest BCUT2D eigenvalue weighted by Gasteiger charge is 2.39. The molecular weight excluding hydrogens is 262 g/mol. The Bertz CT molecular complexity index is 301. The molecule has 1 saturated carbocycles. The van der Waals surface area contributed by atoms with Crippen molar-refractivity contribution in [1.29, 1.82) is 0 Å². The summed E-state index contributed by atoms with van der Waals surface area (Å²) in [5.74, 6) is 0.890. The summed E-state index contributed by atoms with van der Waals surface area (Å²) in [5, 5.41) is 3.97. The van der Waals surface area contributed by atoms with Crippen molar-refractivity contribution in [2.24, 2.45) is 5.92 Å². The van der Waals surface area contributed by atoms with Crippen molar-refractivity contribution in [3.8, 4) is 0 Å². The van der Waals surface area contributed by atoms with Gasteiger partial charge >= 0.3 is 0 Å². The molecule has 1 N–H and O–H groups in total. The highest BCUT2D eigenvalue weighted by molar-refractivity contribution is 4.93. The number of ether oxygens (including phenoxy) is 2. The van der Waals surface area contributed by atoms with Crippen LogP contribution < -0.4 is 5.32 Å². The van der Waals surface area contributed by atoms with E-state index in [1.54, 1.807) is 0 Å². The lowest BCUT2D eigenvalue weighted by molar-refractivity contribution is -0.141. The van der Waals surface area contributed by atoms with Crippen LogP contribution in [0, 0.1) is 5.92 Å². The van der Waals surface area contributed by atoms with E-state index in [0.29, 0.717) is 12.1 Å². The molecule has 3 aliphatic rings. The smallest absolute Gasteiger partial charge is 0.0741 e. The lowest BCUT2D eigenvalue weighted by Crippen LogP contribution is -2.52. The topological polar surface area (TPSA) is 30.5 Å². The minimum absolute atomic E-state index is 0.122. The van der Waals surface area contributed by atoms with Crippen molar-refractivity contribution in [1.82, 2.24) is 5.32 Å². The highest BCUT2D eigenvalue weighted by Crippen LogP contribution is 2.35. The fraction of sp³-hybridized carbons (Fsp3) is 1.00. The SMILES string of the molecule is C[C@H](NC1CCOC2(CCOCC2)C1)C1CCCCCC1. The minimum Gasteiger partial charge on any atom is -0.381 e. The quantitative estimate of drug-likeness (QED) is 0.806. The van der Waals surface area contributed by atoms with E-state index in [9.17, 15) is 0 Å². The normalized spacial score (nSPS) is 32.7. The second-order valence-corrected chi connectivity index (χ2v) is 7.54. The molecule has 0 amide bonds. The maximum atomic E-state index is 6.16. The summed E-state index contributed by atoms with van der Waals surface area (Å²) in [6, 6.07) is 1.32. The number of nitrogens with one attached hydrogen (secondary N) is 1. The molecule has 1 unspecified atom stereocenters. The molecule has 1 aliphatic carbocycles. The molecule has 0 aromatic carbocycles. The first-order chi connectivity index (χ1) is 10.3. The van der Waals surface area contributed by atoms with Gasteiger partial charge in [-0.15, -0.1) is 0 Å². The van der Waals surface area contributed by atoms with Gasteiger partial charge in [0.25, 0.3) is 0 Å². The third-order valence-corrected chi connectivity index (χ3v) is 6.00. The molecular formula is C18H33NO2. The molecule has 3 nitrogen and oxygen atoms in total. The molecule has 2 saturated heterocycles. The molecule has 0 radical (unpaired) electrons. The summed E-state index contributed by atoms with van der Waals surface area (Å²) in [7, 11) is 0. The Hall–Kier alpha value is -0.120. The third kappa shape index (κ3) is 4.20. The Morgan fingerprint density at radius 3 is 2.38 bits per heavy atom. The molecule has 3 heteroatoms. The predicted molar refractivity (Wildman–Crippen MR) is 85.5 cm³/mol. The number of hydrogen-bond donors (Lipinski definition) is 1. The van der Waals surface area contributed by atoms with Gasteiger partial charge in [0.15, 0.2) is 0 Å². The van der Waals surface area contributed by atoms with Crippen molar-refractivity contribution in [3.63, 3.8) is 0 Å². The summed E-state index contributed by atoms with van der Waals surface area (Å²) in [5.41, 5.74) is 0.122. The van der Waals surface area contributed by atoms with E-state index in [-0.39, 0.29) is 5.60 Å². The zero-order chi connectivity index (χ0) is 14.5. The van der Waals surface area contributed by atoms with Gasteiger partial charge in [0.1, 0.15) is 0 Å². The molecule has 2 atom stereocenters. The van der Waals surface area contributed by atoms with E-state index in [0.717, 1.165) is 38.6 Å². The standard InChI is InChI=1S/C18H33NO2/c1-15(16-6-4-2-3-5-7-16)19-17-8-11-21-18(14-17)9-12-20-13-10-18/h15-17,19H,2-14H2,1H3/t15-,17?/m0/s1. The Balaban J connectivity index is 1.51. The maximum Gasteiger partial charge on any atom is 0.0741 e. The monoisotopic (exact) mass is 295 g/mol. The van der Waals surface area contributed by atoms with Crippen molar-refractivity contribution in [2.45, 2.75) is 88.8 Å². The van der Waals surface area contributed by atoms with Gasteiger partial charge in [0, 0.05) is 31.9 Å². The average molecular weight is 295 g/mol. The second-order valence-electron chi connectivity index (χ2n) is 7.54. The van der Waals surface area contributed by atoms with Crippen molar-refractivity contribution < 1.29 is 9.47 Å². The summed E-state index contributed by atoms with van der Waals surface area (Å²) in [4.78, 5) is 0. The molecule has 0 aromatic heterocycles. The van der Waals surface area contributed by atoms with Gasteiger partial charge in [-0.1, -0.05) is 25.7 Å². The molecule has 0 aromatic rings. The molecule has 2 heterocycles. The van der Waals surface area contributed by atoms with Crippen LogP contribution in [0.5, 0.6) is 0 Å². The van der Waals surface area contributed by atoms with Crippen LogP contribution in [0.3, 0.4) is 0 Å². The van der Waals surface area contributed by atoms with Crippen LogP contribution in [0.25, 0.3) is 0 Å². The largest absolute Gasteiger partial charge is 0.381 e. The summed E-state index contributed by atoms with van der Waals surface area (Å²) >= 11 is 0. The lowest BCUT2D eigenvalue weighted by Gasteiger charge is -2.44. The summed E-state index contributed by atoms with van der Waals surface area (Å²) in [6.45, 7) is 5.10. The van der Waals surface area contributed by atoms with Crippen LogP contribution in [0.2, 0.25) is 0 Å². The zero-order valence-electron chi connectivity index (χ0n) is 13.7. The van der Waals surface area contributed by atoms with Crippen LogP contribution >= 0.6 is 0 Å². The van der Waals surface area contributed by atoms with Gasteiger partial charge in [-0.3, -0.25) is 0 Å². The molecule has 2 aliphatic heterocycles. The lowest BCUT2D eigenvalue weighted by atomic mass is 9.83. The number of rotatable bonds is 3. The van der Waals surface area contributed by atoms with Gasteiger partial charge in [0.05, 0.1) is 5.60 Å². The van der Waals surface area contributed by atoms with E-state index < -0.39 is 0 Å². The first kappa shape index (κ1) is 15.8. The molecule has 1 spiro atoms. The Kier molecular flexibility index (Phi) is 5.58. The van der Waals surface area contributed by atoms with E-state index >= 15 is 0 Å². The first-order valence-electron chi connectivity index (χ1n) is 9.25. The molecule has 21 heavy (non-hydrogen) atoms. The third-order valence-electron chi connectivity index (χ3n) is 6.00. The fourth-order valence-corrected chi connectivity index (χ4v) is 4.58. The number of hydrogen-bond acceptors (Lipinski definition) is 3. The second kappa shape index (κ2) is 7.43. The molecule has 3 fully saturated rings. The van der Waals surface area contributed by atoms with Gasteiger partial charge < -0.3 is 14.8 Å². The Labute approximate surface area is 130 Å². The maximum absolute atomic E-state index is 6.16. The average Bonchev–Trinajstić information content (AvgIpc) is 2.77. The molecule has 3 rings (SSSR count). The summed E-state index contributed by atoms with van der Waals surface area (Å²) < 4.78 is 11.7. The molecule has 122 valence electrons. The highest BCUT2D eigenvalue weighted by atomic mass is 16.5. The fourth-order valence-electron chi connectivity index (χ4n) is 4.58. The van der Waals surface area contributed by atoms with Gasteiger partial charge in [0.2, 0.25) is 0 Å². The van der Waals surface area contributed by atoms with Crippen molar-refractivity contribution >= 4 is 0 Å². The Morgan fingerprint density at radius 2 is 1.67 bits per heavy atom. The van der Waals surface area contributed by atoms with Gasteiger partial charge in [-0.25, -0.2) is 0 Å².